The monoisotopic (exact) mass is 624 g/mol. The molecule has 41 heavy (non-hydrogen) atoms. The molecular formula is C27H28ClF3N6O2S2. The minimum atomic E-state index is -4.67. The number of thioether (sulfide) groups is 1. The van der Waals surface area contributed by atoms with Crippen LogP contribution in [0.3, 0.4) is 0 Å². The van der Waals surface area contributed by atoms with Crippen LogP contribution in [-0.4, -0.2) is 91.0 Å². The summed E-state index contributed by atoms with van der Waals surface area (Å²) in [6.45, 7) is 7.01. The zero-order chi connectivity index (χ0) is 28.7. The fraction of sp³-hybridized carbons (Fsp3) is 0.444. The zero-order valence-electron chi connectivity index (χ0n) is 22.2. The van der Waals surface area contributed by atoms with Crippen LogP contribution in [0.2, 0.25) is 5.02 Å². The van der Waals surface area contributed by atoms with E-state index in [0.29, 0.717) is 38.7 Å². The third kappa shape index (κ3) is 6.14. The predicted molar refractivity (Wildman–Crippen MR) is 156 cm³/mol. The molecule has 8 nitrogen and oxygen atoms in total. The number of alkyl halides is 3. The van der Waals surface area contributed by atoms with Gasteiger partial charge in [0.15, 0.2) is 0 Å². The highest BCUT2D eigenvalue weighted by molar-refractivity contribution is 7.99. The number of thiophene rings is 1. The first-order valence-electron chi connectivity index (χ1n) is 13.2. The molecule has 2 fully saturated rings. The summed E-state index contributed by atoms with van der Waals surface area (Å²) < 4.78 is 47.2. The maximum Gasteiger partial charge on any atom is 0.420 e. The number of amides is 1. The Morgan fingerprint density at radius 3 is 2.61 bits per heavy atom. The molecule has 0 aliphatic carbocycles. The summed E-state index contributed by atoms with van der Waals surface area (Å²) in [5.41, 5.74) is 0.228. The van der Waals surface area contributed by atoms with Crippen molar-refractivity contribution >= 4 is 57.9 Å². The first-order valence-corrected chi connectivity index (χ1v) is 15.4. The molecule has 0 unspecified atom stereocenters. The van der Waals surface area contributed by atoms with E-state index in [1.807, 2.05) is 12.1 Å². The van der Waals surface area contributed by atoms with Crippen LogP contribution in [0.5, 0.6) is 0 Å². The third-order valence-electron chi connectivity index (χ3n) is 7.41. The Morgan fingerprint density at radius 2 is 1.93 bits per heavy atom. The second-order valence-corrected chi connectivity index (χ2v) is 12.9. The molecule has 1 amide bonds. The number of nitrogens with one attached hydrogen (secondary N) is 1. The van der Waals surface area contributed by atoms with E-state index in [-0.39, 0.29) is 22.4 Å². The number of rotatable bonds is 6. The smallest absolute Gasteiger partial charge is 0.381 e. The molecule has 0 radical (unpaired) electrons. The van der Waals surface area contributed by atoms with Crippen molar-refractivity contribution in [2.75, 3.05) is 75.5 Å². The van der Waals surface area contributed by atoms with Gasteiger partial charge in [-0.2, -0.15) is 13.2 Å². The number of benzene rings is 1. The average Bonchev–Trinajstić information content (AvgIpc) is 3.30. The highest BCUT2D eigenvalue weighted by Gasteiger charge is 2.37. The number of carbonyl (C=O) groups is 1. The second kappa shape index (κ2) is 11.6. The number of fused-ring (bicyclic) bond motifs is 1. The Balaban J connectivity index is 1.21. The molecule has 0 atom stereocenters. The van der Waals surface area contributed by atoms with Crippen LogP contribution in [0, 0.1) is 5.92 Å². The minimum absolute atomic E-state index is 0.0177. The normalized spacial score (nSPS) is 18.7. The van der Waals surface area contributed by atoms with Gasteiger partial charge in [-0.1, -0.05) is 11.6 Å². The van der Waals surface area contributed by atoms with E-state index in [1.165, 1.54) is 11.8 Å². The molecule has 218 valence electrons. The SMILES string of the molecule is CN1CCSc2cc(-c3nc(Nc4ccc(N5CCN(CC6COC6)CC5)cc4Cl)ncc3C(F)(F)F)sc2C1=O. The van der Waals surface area contributed by atoms with Crippen LogP contribution in [-0.2, 0) is 10.9 Å². The standard InChI is InChI=1S/C27H28ClF3N6O2S2/c1-35-8-9-40-22-11-21(41-24(22)25(35)38)23-18(27(29,30)31)12-32-26(34-23)33-20-3-2-17(10-19(20)28)37-6-4-36(5-7-37)13-16-14-39-15-16/h2-3,10-12,16H,4-9,13-15H2,1H3,(H,32,33,34). The zero-order valence-corrected chi connectivity index (χ0v) is 24.6. The van der Waals surface area contributed by atoms with Gasteiger partial charge in [0.2, 0.25) is 5.95 Å². The summed E-state index contributed by atoms with van der Waals surface area (Å²) in [5, 5.41) is 3.40. The Hall–Kier alpha value is -2.58. The largest absolute Gasteiger partial charge is 0.420 e. The number of anilines is 3. The molecule has 0 saturated carbocycles. The Bertz CT molecular complexity index is 1440. The summed E-state index contributed by atoms with van der Waals surface area (Å²) in [6.07, 6.45) is -3.90. The van der Waals surface area contributed by atoms with Crippen LogP contribution in [0.1, 0.15) is 15.2 Å². The first kappa shape index (κ1) is 28.5. The highest BCUT2D eigenvalue weighted by Crippen LogP contribution is 2.43. The molecule has 3 aromatic rings. The second-order valence-electron chi connectivity index (χ2n) is 10.3. The van der Waals surface area contributed by atoms with Crippen molar-refractivity contribution in [2.24, 2.45) is 5.92 Å². The number of ether oxygens (including phenoxy) is 1. The van der Waals surface area contributed by atoms with Crippen molar-refractivity contribution in [1.82, 2.24) is 19.8 Å². The molecule has 5 heterocycles. The van der Waals surface area contributed by atoms with Gasteiger partial charge in [0, 0.05) is 74.8 Å². The number of piperazine rings is 1. The van der Waals surface area contributed by atoms with Crippen molar-refractivity contribution < 1.29 is 22.7 Å². The van der Waals surface area contributed by atoms with E-state index >= 15 is 0 Å². The summed E-state index contributed by atoms with van der Waals surface area (Å²) in [5.74, 6) is 1.07. The van der Waals surface area contributed by atoms with Gasteiger partial charge in [0.05, 0.1) is 34.5 Å². The lowest BCUT2D eigenvalue weighted by atomic mass is 10.1. The van der Waals surface area contributed by atoms with Gasteiger partial charge < -0.3 is 19.9 Å². The van der Waals surface area contributed by atoms with Crippen LogP contribution in [0.4, 0.5) is 30.5 Å². The number of carbonyl (C=O) groups excluding carboxylic acids is 1. The molecule has 2 aromatic heterocycles. The fourth-order valence-electron chi connectivity index (χ4n) is 5.02. The van der Waals surface area contributed by atoms with E-state index in [1.54, 1.807) is 24.1 Å². The van der Waals surface area contributed by atoms with Gasteiger partial charge in [0.1, 0.15) is 10.4 Å². The summed E-state index contributed by atoms with van der Waals surface area (Å²) >= 11 is 9.07. The Morgan fingerprint density at radius 1 is 1.15 bits per heavy atom. The maximum atomic E-state index is 14.0. The van der Waals surface area contributed by atoms with Crippen LogP contribution in [0.25, 0.3) is 10.6 Å². The van der Waals surface area contributed by atoms with Crippen molar-refractivity contribution in [2.45, 2.75) is 11.1 Å². The molecule has 14 heteroatoms. The van der Waals surface area contributed by atoms with Gasteiger partial charge in [-0.05, 0) is 24.3 Å². The number of nitrogens with zero attached hydrogens (tertiary/aromatic N) is 5. The third-order valence-corrected chi connectivity index (χ3v) is 10.0. The van der Waals surface area contributed by atoms with Crippen molar-refractivity contribution in [3.05, 3.63) is 45.9 Å². The molecule has 2 saturated heterocycles. The van der Waals surface area contributed by atoms with Crippen molar-refractivity contribution in [3.8, 4) is 10.6 Å². The van der Waals surface area contributed by atoms with E-state index in [2.05, 4.69) is 25.1 Å². The van der Waals surface area contributed by atoms with E-state index in [4.69, 9.17) is 16.3 Å². The maximum absolute atomic E-state index is 14.0. The minimum Gasteiger partial charge on any atom is -0.381 e. The van der Waals surface area contributed by atoms with Gasteiger partial charge >= 0.3 is 6.18 Å². The number of halogens is 4. The van der Waals surface area contributed by atoms with Gasteiger partial charge in [-0.25, -0.2) is 9.97 Å². The van der Waals surface area contributed by atoms with E-state index in [9.17, 15) is 18.0 Å². The Labute approximate surface area is 248 Å². The summed E-state index contributed by atoms with van der Waals surface area (Å²) in [6, 6.07) is 7.18. The molecule has 6 rings (SSSR count). The number of aromatic nitrogens is 2. The van der Waals surface area contributed by atoms with E-state index in [0.717, 1.165) is 69.2 Å². The summed E-state index contributed by atoms with van der Waals surface area (Å²) in [4.78, 5) is 28.6. The lowest BCUT2D eigenvalue weighted by Gasteiger charge is -2.39. The molecular weight excluding hydrogens is 597 g/mol. The number of hydrogen-bond donors (Lipinski definition) is 1. The van der Waals surface area contributed by atoms with Gasteiger partial charge in [-0.3, -0.25) is 9.69 Å². The Kier molecular flexibility index (Phi) is 8.07. The lowest BCUT2D eigenvalue weighted by Crippen LogP contribution is -2.50. The molecule has 1 aromatic carbocycles. The van der Waals surface area contributed by atoms with Gasteiger partial charge in [0.25, 0.3) is 5.91 Å². The topological polar surface area (TPSA) is 73.8 Å². The van der Waals surface area contributed by atoms with Crippen LogP contribution >= 0.6 is 34.7 Å². The van der Waals surface area contributed by atoms with E-state index < -0.39 is 11.7 Å². The van der Waals surface area contributed by atoms with Gasteiger partial charge in [-0.15, -0.1) is 23.1 Å². The van der Waals surface area contributed by atoms with Crippen molar-refractivity contribution in [3.63, 3.8) is 0 Å². The average molecular weight is 625 g/mol. The van der Waals surface area contributed by atoms with Crippen molar-refractivity contribution in [1.29, 1.82) is 0 Å². The fourth-order valence-corrected chi connectivity index (χ4v) is 7.67. The van der Waals surface area contributed by atoms with Crippen LogP contribution < -0.4 is 10.2 Å². The highest BCUT2D eigenvalue weighted by atomic mass is 35.5. The predicted octanol–water partition coefficient (Wildman–Crippen LogP) is 5.57. The summed E-state index contributed by atoms with van der Waals surface area (Å²) in [7, 11) is 1.69. The first-order chi connectivity index (χ1) is 19.7. The molecule has 3 aliphatic rings. The molecule has 3 aliphatic heterocycles. The number of hydrogen-bond acceptors (Lipinski definition) is 9. The quantitative estimate of drug-likeness (QED) is 0.382. The van der Waals surface area contributed by atoms with Crippen LogP contribution in [0.15, 0.2) is 35.4 Å². The molecule has 1 N–H and O–H groups in total. The lowest BCUT2D eigenvalue weighted by molar-refractivity contribution is -0.137. The molecule has 0 bridgehead atoms. The molecule has 0 spiro atoms.